The molecule has 6 nitrogen and oxygen atoms in total. The first-order chi connectivity index (χ1) is 13.6. The monoisotopic (exact) mass is 390 g/mol. The zero-order valence-electron chi connectivity index (χ0n) is 17.4. The van der Waals surface area contributed by atoms with Crippen molar-refractivity contribution in [1.82, 2.24) is 10.6 Å². The zero-order chi connectivity index (χ0) is 20.5. The average Bonchev–Trinajstić information content (AvgIpc) is 2.70. The van der Waals surface area contributed by atoms with Gasteiger partial charge < -0.3 is 24.8 Å². The number of nitrogens with one attached hydrogen (secondary N) is 2. The van der Waals surface area contributed by atoms with Crippen molar-refractivity contribution in [2.45, 2.75) is 20.8 Å². The molecule has 0 aromatic heterocycles. The smallest absolute Gasteiger partial charge is 0.251 e. The first kappa shape index (κ1) is 24.1. The Hall–Kier alpha value is -1.91. The molecule has 0 saturated carbocycles. The van der Waals surface area contributed by atoms with E-state index >= 15 is 0 Å². The fraction of sp³-hybridized carbons (Fsp3) is 0.591. The van der Waals surface area contributed by atoms with Crippen LogP contribution in [0.1, 0.15) is 36.7 Å². The fourth-order valence-electron chi connectivity index (χ4n) is 2.13. The molecule has 0 aliphatic rings. The molecule has 0 atom stereocenters. The van der Waals surface area contributed by atoms with Gasteiger partial charge >= 0.3 is 0 Å². The van der Waals surface area contributed by atoms with E-state index in [1.165, 1.54) is 0 Å². The molecule has 1 aromatic rings. The quantitative estimate of drug-likeness (QED) is 0.376. The summed E-state index contributed by atoms with van der Waals surface area (Å²) in [4.78, 5) is 12.1. The topological polar surface area (TPSA) is 68.8 Å². The van der Waals surface area contributed by atoms with Gasteiger partial charge in [-0.15, -0.1) is 0 Å². The van der Waals surface area contributed by atoms with E-state index in [1.54, 1.807) is 12.1 Å². The van der Waals surface area contributed by atoms with Crippen molar-refractivity contribution in [2.75, 3.05) is 59.3 Å². The van der Waals surface area contributed by atoms with E-state index < -0.39 is 0 Å². The number of benzene rings is 1. The lowest BCUT2D eigenvalue weighted by molar-refractivity contribution is 0.0158. The third-order valence-electron chi connectivity index (χ3n) is 3.60. The molecule has 0 radical (unpaired) electrons. The maximum absolute atomic E-state index is 12.1. The minimum atomic E-state index is -0.113. The predicted octanol–water partition coefficient (Wildman–Crippen LogP) is 2.08. The minimum Gasteiger partial charge on any atom is -0.378 e. The lowest BCUT2D eigenvalue weighted by Crippen LogP contribution is -2.27. The van der Waals surface area contributed by atoms with Crippen LogP contribution in [-0.4, -0.2) is 65.2 Å². The molecular weight excluding hydrogens is 356 g/mol. The lowest BCUT2D eigenvalue weighted by atomic mass is 10.1. The van der Waals surface area contributed by atoms with Crippen molar-refractivity contribution in [3.8, 4) is 11.8 Å². The third kappa shape index (κ3) is 12.5. The predicted molar refractivity (Wildman–Crippen MR) is 111 cm³/mol. The van der Waals surface area contributed by atoms with E-state index in [2.05, 4.69) is 29.4 Å². The standard InChI is InChI=1S/C22H34N2O4/c1-4-23-11-13-26-15-17-28-18-16-27-14-12-24-22(25)21-9-7-20(8-10-21)6-5-19(2)3/h7-10,19,23H,4,11-18H2,1-3H3,(H,24,25). The molecule has 1 amide bonds. The Morgan fingerprint density at radius 3 is 2.07 bits per heavy atom. The number of hydrogen-bond donors (Lipinski definition) is 2. The minimum absolute atomic E-state index is 0.113. The normalized spacial score (nSPS) is 10.6. The van der Waals surface area contributed by atoms with Gasteiger partial charge in [0, 0.05) is 30.1 Å². The van der Waals surface area contributed by atoms with Gasteiger partial charge in [0.15, 0.2) is 0 Å². The van der Waals surface area contributed by atoms with Crippen molar-refractivity contribution in [3.05, 3.63) is 35.4 Å². The van der Waals surface area contributed by atoms with Crippen molar-refractivity contribution in [3.63, 3.8) is 0 Å². The summed E-state index contributed by atoms with van der Waals surface area (Å²) < 4.78 is 16.3. The zero-order valence-corrected chi connectivity index (χ0v) is 17.4. The molecule has 0 unspecified atom stereocenters. The Morgan fingerprint density at radius 2 is 1.50 bits per heavy atom. The number of carbonyl (C=O) groups excluding carboxylic acids is 1. The third-order valence-corrected chi connectivity index (χ3v) is 3.60. The van der Waals surface area contributed by atoms with E-state index in [1.807, 2.05) is 26.0 Å². The molecule has 0 heterocycles. The molecule has 0 bridgehead atoms. The summed E-state index contributed by atoms with van der Waals surface area (Å²) in [5.41, 5.74) is 1.53. The van der Waals surface area contributed by atoms with Crippen LogP contribution in [0.5, 0.6) is 0 Å². The van der Waals surface area contributed by atoms with E-state index in [4.69, 9.17) is 14.2 Å². The summed E-state index contributed by atoms with van der Waals surface area (Å²) in [7, 11) is 0. The molecule has 6 heteroatoms. The first-order valence-electron chi connectivity index (χ1n) is 9.97. The van der Waals surface area contributed by atoms with E-state index in [-0.39, 0.29) is 5.91 Å². The molecule has 0 fully saturated rings. The van der Waals surface area contributed by atoms with Gasteiger partial charge in [0.2, 0.25) is 0 Å². The van der Waals surface area contributed by atoms with Crippen LogP contribution in [0.25, 0.3) is 0 Å². The number of ether oxygens (including phenoxy) is 3. The van der Waals surface area contributed by atoms with Crippen molar-refractivity contribution >= 4 is 5.91 Å². The van der Waals surface area contributed by atoms with Crippen molar-refractivity contribution < 1.29 is 19.0 Å². The summed E-state index contributed by atoms with van der Waals surface area (Å²) in [6.07, 6.45) is 0. The molecule has 1 rings (SSSR count). The van der Waals surface area contributed by atoms with Crippen LogP contribution in [-0.2, 0) is 14.2 Å². The number of rotatable bonds is 14. The van der Waals surface area contributed by atoms with Gasteiger partial charge in [-0.2, -0.15) is 0 Å². The Morgan fingerprint density at radius 1 is 0.929 bits per heavy atom. The maximum Gasteiger partial charge on any atom is 0.251 e. The number of hydrogen-bond acceptors (Lipinski definition) is 5. The largest absolute Gasteiger partial charge is 0.378 e. The second-order valence-electron chi connectivity index (χ2n) is 6.45. The fourth-order valence-corrected chi connectivity index (χ4v) is 2.13. The van der Waals surface area contributed by atoms with E-state index in [0.717, 1.165) is 18.7 Å². The average molecular weight is 391 g/mol. The highest BCUT2D eigenvalue weighted by molar-refractivity contribution is 5.94. The molecule has 2 N–H and O–H groups in total. The Balaban J connectivity index is 2.01. The summed E-state index contributed by atoms with van der Waals surface area (Å²) in [6.45, 7) is 11.7. The molecule has 0 aliphatic carbocycles. The molecule has 156 valence electrons. The van der Waals surface area contributed by atoms with E-state index in [9.17, 15) is 4.79 Å². The first-order valence-corrected chi connectivity index (χ1v) is 9.97. The van der Waals surface area contributed by atoms with E-state index in [0.29, 0.717) is 57.7 Å². The molecule has 28 heavy (non-hydrogen) atoms. The lowest BCUT2D eigenvalue weighted by Gasteiger charge is -2.08. The summed E-state index contributed by atoms with van der Waals surface area (Å²) in [5.74, 6) is 6.40. The van der Waals surface area contributed by atoms with Gasteiger partial charge in [0.25, 0.3) is 5.91 Å². The van der Waals surface area contributed by atoms with Crippen LogP contribution in [0.15, 0.2) is 24.3 Å². The number of likely N-dealkylation sites (N-methyl/N-ethyl adjacent to an activating group) is 1. The van der Waals surface area contributed by atoms with Crippen LogP contribution >= 0.6 is 0 Å². The van der Waals surface area contributed by atoms with Gasteiger partial charge in [-0.1, -0.05) is 32.6 Å². The van der Waals surface area contributed by atoms with Crippen molar-refractivity contribution in [1.29, 1.82) is 0 Å². The Bertz CT molecular complexity index is 591. The molecule has 0 saturated heterocycles. The van der Waals surface area contributed by atoms with Gasteiger partial charge in [-0.25, -0.2) is 0 Å². The van der Waals surface area contributed by atoms with Gasteiger partial charge in [-0.05, 0) is 30.8 Å². The summed E-state index contributed by atoms with van der Waals surface area (Å²) in [5, 5.41) is 6.02. The molecular formula is C22H34N2O4. The van der Waals surface area contributed by atoms with Crippen LogP contribution in [0.4, 0.5) is 0 Å². The Kier molecular flexibility index (Phi) is 13.9. The van der Waals surface area contributed by atoms with Gasteiger partial charge in [0.1, 0.15) is 0 Å². The van der Waals surface area contributed by atoms with Crippen LogP contribution in [0.3, 0.4) is 0 Å². The number of carbonyl (C=O) groups is 1. The second-order valence-corrected chi connectivity index (χ2v) is 6.45. The molecule has 0 spiro atoms. The summed E-state index contributed by atoms with van der Waals surface area (Å²) in [6, 6.07) is 7.30. The second kappa shape index (κ2) is 16.1. The molecule has 1 aromatic carbocycles. The van der Waals surface area contributed by atoms with Crippen LogP contribution in [0, 0.1) is 17.8 Å². The van der Waals surface area contributed by atoms with Crippen LogP contribution in [0.2, 0.25) is 0 Å². The molecule has 0 aliphatic heterocycles. The van der Waals surface area contributed by atoms with Gasteiger partial charge in [-0.3, -0.25) is 4.79 Å². The Labute approximate surface area is 169 Å². The highest BCUT2D eigenvalue weighted by atomic mass is 16.5. The highest BCUT2D eigenvalue weighted by Crippen LogP contribution is 2.03. The van der Waals surface area contributed by atoms with Crippen LogP contribution < -0.4 is 10.6 Å². The maximum atomic E-state index is 12.1. The number of amides is 1. The summed E-state index contributed by atoms with van der Waals surface area (Å²) >= 11 is 0. The van der Waals surface area contributed by atoms with Gasteiger partial charge in [0.05, 0.1) is 39.6 Å². The van der Waals surface area contributed by atoms with Crippen molar-refractivity contribution in [2.24, 2.45) is 5.92 Å². The SMILES string of the molecule is CCNCCOCCOCCOCCNC(=O)c1ccc(C#CC(C)C)cc1. The highest BCUT2D eigenvalue weighted by Gasteiger charge is 2.04.